The molecule has 134 valence electrons. The van der Waals surface area contributed by atoms with Crippen LogP contribution in [0.25, 0.3) is 0 Å². The Morgan fingerprint density at radius 3 is 2.96 bits per heavy atom. The second-order valence-electron chi connectivity index (χ2n) is 6.10. The molecule has 1 N–H and O–H groups in total. The van der Waals surface area contributed by atoms with Crippen molar-refractivity contribution in [3.8, 4) is 5.75 Å². The Morgan fingerprint density at radius 1 is 1.46 bits per heavy atom. The highest BCUT2D eigenvalue weighted by Gasteiger charge is 2.25. The summed E-state index contributed by atoms with van der Waals surface area (Å²) in [5, 5.41) is 3.40. The molecule has 24 heavy (non-hydrogen) atoms. The number of nitrogens with one attached hydrogen (secondary N) is 1. The van der Waals surface area contributed by atoms with Crippen molar-refractivity contribution in [2.75, 3.05) is 52.9 Å². The summed E-state index contributed by atoms with van der Waals surface area (Å²) in [4.78, 5) is 13.3. The summed E-state index contributed by atoms with van der Waals surface area (Å²) < 4.78 is 5.66. The number of nitrogens with zero attached hydrogens (tertiary/aromatic N) is 4. The van der Waals surface area contributed by atoms with E-state index in [1.807, 2.05) is 19.2 Å². The molecule has 2 heterocycles. The van der Waals surface area contributed by atoms with Gasteiger partial charge in [-0.05, 0) is 37.6 Å². The summed E-state index contributed by atoms with van der Waals surface area (Å²) in [6.45, 7) is 11.4. The van der Waals surface area contributed by atoms with Crippen molar-refractivity contribution < 1.29 is 4.74 Å². The quantitative estimate of drug-likeness (QED) is 0.446. The largest absolute Gasteiger partial charge is 0.490 e. The summed E-state index contributed by atoms with van der Waals surface area (Å²) >= 11 is 0. The number of hydrogen-bond acceptors (Lipinski definition) is 4. The molecule has 0 aliphatic carbocycles. The maximum absolute atomic E-state index is 5.66. The van der Waals surface area contributed by atoms with Gasteiger partial charge in [-0.15, -0.1) is 0 Å². The van der Waals surface area contributed by atoms with E-state index in [2.05, 4.69) is 38.9 Å². The molecule has 1 aliphatic rings. The topological polar surface area (TPSA) is 53.0 Å². The molecule has 0 amide bonds. The van der Waals surface area contributed by atoms with Crippen LogP contribution in [0.5, 0.6) is 5.75 Å². The van der Waals surface area contributed by atoms with E-state index in [0.717, 1.165) is 50.4 Å². The molecule has 1 saturated heterocycles. The number of pyridine rings is 1. The van der Waals surface area contributed by atoms with E-state index in [0.29, 0.717) is 6.61 Å². The molecule has 1 aliphatic heterocycles. The van der Waals surface area contributed by atoms with Crippen molar-refractivity contribution in [3.63, 3.8) is 0 Å². The number of rotatable bonds is 8. The first-order valence-electron chi connectivity index (χ1n) is 8.97. The zero-order valence-electron chi connectivity index (χ0n) is 15.2. The zero-order chi connectivity index (χ0) is 17.2. The highest BCUT2D eigenvalue weighted by molar-refractivity contribution is 5.80. The van der Waals surface area contributed by atoms with E-state index < -0.39 is 0 Å². The molecule has 1 fully saturated rings. The maximum Gasteiger partial charge on any atom is 0.193 e. The fraction of sp³-hybridized carbons (Fsp3) is 0.667. The molecule has 0 bridgehead atoms. The third kappa shape index (κ3) is 5.67. The van der Waals surface area contributed by atoms with E-state index >= 15 is 0 Å². The molecular formula is C18H31N5O. The van der Waals surface area contributed by atoms with Crippen molar-refractivity contribution in [2.45, 2.75) is 20.3 Å². The number of ether oxygens (including phenoxy) is 1. The van der Waals surface area contributed by atoms with Gasteiger partial charge in [0.1, 0.15) is 12.4 Å². The Labute approximate surface area is 145 Å². The van der Waals surface area contributed by atoms with Crippen LogP contribution in [0, 0.1) is 5.92 Å². The van der Waals surface area contributed by atoms with Gasteiger partial charge in [-0.3, -0.25) is 9.98 Å². The van der Waals surface area contributed by atoms with Gasteiger partial charge in [0.15, 0.2) is 5.96 Å². The molecular weight excluding hydrogens is 302 g/mol. The molecule has 0 radical (unpaired) electrons. The van der Waals surface area contributed by atoms with Gasteiger partial charge >= 0.3 is 0 Å². The van der Waals surface area contributed by atoms with Gasteiger partial charge in [-0.2, -0.15) is 0 Å². The molecule has 2 rings (SSSR count). The molecule has 1 aromatic rings. The first-order chi connectivity index (χ1) is 11.8. The van der Waals surface area contributed by atoms with E-state index in [9.17, 15) is 0 Å². The standard InChI is InChI=1S/C18H31N5O/c1-4-22(5-2)14-16-8-11-23(15-16)18(19-3)21-10-12-24-17-7-6-9-20-13-17/h6-7,9,13,16H,4-5,8,10-12,14-15H2,1-3H3,(H,19,21). The van der Waals surface area contributed by atoms with Gasteiger partial charge in [-0.1, -0.05) is 13.8 Å². The number of guanidine groups is 1. The Hall–Kier alpha value is -1.82. The van der Waals surface area contributed by atoms with E-state index in [4.69, 9.17) is 4.74 Å². The highest BCUT2D eigenvalue weighted by atomic mass is 16.5. The molecule has 6 heteroatoms. The van der Waals surface area contributed by atoms with E-state index in [-0.39, 0.29) is 0 Å². The lowest BCUT2D eigenvalue weighted by molar-refractivity contribution is 0.255. The zero-order valence-corrected chi connectivity index (χ0v) is 15.2. The second kappa shape index (κ2) is 10.1. The van der Waals surface area contributed by atoms with Crippen LogP contribution in [0.3, 0.4) is 0 Å². The van der Waals surface area contributed by atoms with Crippen molar-refractivity contribution in [3.05, 3.63) is 24.5 Å². The third-order valence-electron chi connectivity index (χ3n) is 4.50. The first-order valence-corrected chi connectivity index (χ1v) is 8.97. The highest BCUT2D eigenvalue weighted by Crippen LogP contribution is 2.17. The fourth-order valence-corrected chi connectivity index (χ4v) is 3.12. The average Bonchev–Trinajstić information content (AvgIpc) is 3.09. The minimum absolute atomic E-state index is 0.599. The summed E-state index contributed by atoms with van der Waals surface area (Å²) in [7, 11) is 1.85. The molecule has 6 nitrogen and oxygen atoms in total. The van der Waals surface area contributed by atoms with Crippen LogP contribution in [-0.4, -0.2) is 73.7 Å². The average molecular weight is 333 g/mol. The molecule has 1 aromatic heterocycles. The lowest BCUT2D eigenvalue weighted by Gasteiger charge is -2.24. The molecule has 0 spiro atoms. The second-order valence-corrected chi connectivity index (χ2v) is 6.10. The smallest absolute Gasteiger partial charge is 0.193 e. The fourth-order valence-electron chi connectivity index (χ4n) is 3.12. The van der Waals surface area contributed by atoms with Crippen LogP contribution in [0.1, 0.15) is 20.3 Å². The SMILES string of the molecule is CCN(CC)CC1CCN(C(=NC)NCCOc2cccnc2)C1. The van der Waals surface area contributed by atoms with Crippen LogP contribution in [0.2, 0.25) is 0 Å². The Balaban J connectivity index is 1.70. The van der Waals surface area contributed by atoms with Crippen molar-refractivity contribution in [1.82, 2.24) is 20.1 Å². The number of aromatic nitrogens is 1. The van der Waals surface area contributed by atoms with Gasteiger partial charge in [-0.25, -0.2) is 0 Å². The normalized spacial score (nSPS) is 18.2. The molecule has 1 unspecified atom stereocenters. The van der Waals surface area contributed by atoms with Crippen LogP contribution in [0.4, 0.5) is 0 Å². The van der Waals surface area contributed by atoms with Crippen molar-refractivity contribution in [1.29, 1.82) is 0 Å². The van der Waals surface area contributed by atoms with Crippen LogP contribution < -0.4 is 10.1 Å². The molecule has 1 atom stereocenters. The van der Waals surface area contributed by atoms with Crippen molar-refractivity contribution >= 4 is 5.96 Å². The monoisotopic (exact) mass is 333 g/mol. The van der Waals surface area contributed by atoms with Gasteiger partial charge in [0.2, 0.25) is 0 Å². The van der Waals surface area contributed by atoms with Crippen molar-refractivity contribution in [2.24, 2.45) is 10.9 Å². The lowest BCUT2D eigenvalue weighted by Crippen LogP contribution is -2.42. The van der Waals surface area contributed by atoms with Crippen LogP contribution >= 0.6 is 0 Å². The number of likely N-dealkylation sites (tertiary alicyclic amines) is 1. The van der Waals surface area contributed by atoms with Gasteiger partial charge in [0.25, 0.3) is 0 Å². The van der Waals surface area contributed by atoms with Crippen LogP contribution in [0.15, 0.2) is 29.5 Å². The minimum Gasteiger partial charge on any atom is -0.490 e. The first kappa shape index (κ1) is 18.5. The van der Waals surface area contributed by atoms with E-state index in [1.54, 1.807) is 12.4 Å². The lowest BCUT2D eigenvalue weighted by atomic mass is 10.1. The maximum atomic E-state index is 5.66. The predicted molar refractivity (Wildman–Crippen MR) is 98.6 cm³/mol. The third-order valence-corrected chi connectivity index (χ3v) is 4.50. The molecule has 0 aromatic carbocycles. The molecule has 0 saturated carbocycles. The summed E-state index contributed by atoms with van der Waals surface area (Å²) in [5.74, 6) is 2.51. The summed E-state index contributed by atoms with van der Waals surface area (Å²) in [6, 6.07) is 3.79. The number of aliphatic imine (C=N–C) groups is 1. The minimum atomic E-state index is 0.599. The number of hydrogen-bond donors (Lipinski definition) is 1. The summed E-state index contributed by atoms with van der Waals surface area (Å²) in [5.41, 5.74) is 0. The Bertz CT molecular complexity index is 489. The Kier molecular flexibility index (Phi) is 7.82. The summed E-state index contributed by atoms with van der Waals surface area (Å²) in [6.07, 6.45) is 4.71. The van der Waals surface area contributed by atoms with E-state index in [1.165, 1.54) is 13.0 Å². The van der Waals surface area contributed by atoms with Gasteiger partial charge in [0, 0.05) is 32.9 Å². The Morgan fingerprint density at radius 2 is 2.29 bits per heavy atom. The predicted octanol–water partition coefficient (Wildman–Crippen LogP) is 1.70. The van der Waals surface area contributed by atoms with Gasteiger partial charge < -0.3 is 19.9 Å². The van der Waals surface area contributed by atoms with Gasteiger partial charge in [0.05, 0.1) is 12.7 Å². The van der Waals surface area contributed by atoms with Crippen LogP contribution in [-0.2, 0) is 0 Å².